The predicted molar refractivity (Wildman–Crippen MR) is 69.1 cm³/mol. The van der Waals surface area contributed by atoms with Crippen LogP contribution < -0.4 is 4.74 Å². The van der Waals surface area contributed by atoms with Crippen molar-refractivity contribution in [2.75, 3.05) is 0 Å². The fraction of sp³-hybridized carbons (Fsp3) is 0.167. The Labute approximate surface area is 112 Å². The molecule has 18 heavy (non-hydrogen) atoms. The van der Waals surface area contributed by atoms with Crippen LogP contribution in [0.1, 0.15) is 17.4 Å². The molecule has 0 saturated carbocycles. The molecule has 1 aromatic carbocycles. The van der Waals surface area contributed by atoms with Gasteiger partial charge >= 0.3 is 12.0 Å². The largest absolute Gasteiger partial charge is 0.477 e. The fourth-order valence-electron chi connectivity index (χ4n) is 1.55. The lowest BCUT2D eigenvalue weighted by molar-refractivity contribution is 0.0684. The van der Waals surface area contributed by atoms with Gasteiger partial charge < -0.3 is 9.84 Å². The van der Waals surface area contributed by atoms with Gasteiger partial charge in [-0.1, -0.05) is 22.0 Å². The SMILES string of the molecule is CCn1c(C(=O)O)cnc1Oc1cccc(Br)c1. The maximum absolute atomic E-state index is 11.0. The van der Waals surface area contributed by atoms with E-state index >= 15 is 0 Å². The van der Waals surface area contributed by atoms with Crippen molar-refractivity contribution in [2.24, 2.45) is 0 Å². The standard InChI is InChI=1S/C12H11BrN2O3/c1-2-15-10(11(16)17)7-14-12(15)18-9-5-3-4-8(13)6-9/h3-7H,2H2,1H3,(H,16,17). The number of imidazole rings is 1. The van der Waals surface area contributed by atoms with E-state index in [-0.39, 0.29) is 11.7 Å². The van der Waals surface area contributed by atoms with Gasteiger partial charge in [0.1, 0.15) is 11.4 Å². The topological polar surface area (TPSA) is 64.4 Å². The minimum absolute atomic E-state index is 0.113. The van der Waals surface area contributed by atoms with E-state index in [9.17, 15) is 4.79 Å². The first-order valence-electron chi connectivity index (χ1n) is 5.34. The normalized spacial score (nSPS) is 10.3. The van der Waals surface area contributed by atoms with Crippen molar-refractivity contribution in [1.29, 1.82) is 0 Å². The second kappa shape index (κ2) is 5.22. The van der Waals surface area contributed by atoms with Gasteiger partial charge in [0.05, 0.1) is 6.20 Å². The number of nitrogens with zero attached hydrogens (tertiary/aromatic N) is 2. The maximum Gasteiger partial charge on any atom is 0.354 e. The monoisotopic (exact) mass is 310 g/mol. The number of hydrogen-bond donors (Lipinski definition) is 1. The molecule has 0 saturated heterocycles. The van der Waals surface area contributed by atoms with Crippen LogP contribution in [0.15, 0.2) is 34.9 Å². The van der Waals surface area contributed by atoms with E-state index in [2.05, 4.69) is 20.9 Å². The highest BCUT2D eigenvalue weighted by atomic mass is 79.9. The molecule has 1 aromatic heterocycles. The molecule has 0 spiro atoms. The third kappa shape index (κ3) is 2.53. The first-order valence-corrected chi connectivity index (χ1v) is 6.13. The third-order valence-corrected chi connectivity index (χ3v) is 2.85. The highest BCUT2D eigenvalue weighted by Crippen LogP contribution is 2.24. The molecule has 0 aliphatic carbocycles. The fourth-order valence-corrected chi connectivity index (χ4v) is 1.93. The Balaban J connectivity index is 2.32. The zero-order valence-electron chi connectivity index (χ0n) is 9.63. The Kier molecular flexibility index (Phi) is 3.66. The third-order valence-electron chi connectivity index (χ3n) is 2.36. The Hall–Kier alpha value is -1.82. The van der Waals surface area contributed by atoms with E-state index < -0.39 is 5.97 Å². The molecule has 0 atom stereocenters. The van der Waals surface area contributed by atoms with Gasteiger partial charge in [-0.3, -0.25) is 4.57 Å². The van der Waals surface area contributed by atoms with E-state index in [0.29, 0.717) is 12.3 Å². The Morgan fingerprint density at radius 2 is 2.33 bits per heavy atom. The van der Waals surface area contributed by atoms with Crippen molar-refractivity contribution < 1.29 is 14.6 Å². The number of aromatic carboxylic acids is 1. The average molecular weight is 311 g/mol. The van der Waals surface area contributed by atoms with E-state index in [4.69, 9.17) is 9.84 Å². The summed E-state index contributed by atoms with van der Waals surface area (Å²) in [6.45, 7) is 2.31. The lowest BCUT2D eigenvalue weighted by atomic mass is 10.3. The van der Waals surface area contributed by atoms with E-state index in [1.807, 2.05) is 19.1 Å². The molecular formula is C12H11BrN2O3. The van der Waals surface area contributed by atoms with Crippen molar-refractivity contribution in [2.45, 2.75) is 13.5 Å². The van der Waals surface area contributed by atoms with Crippen LogP contribution in [-0.4, -0.2) is 20.6 Å². The molecule has 0 unspecified atom stereocenters. The number of carboxylic acids is 1. The summed E-state index contributed by atoms with van der Waals surface area (Å²) >= 11 is 3.34. The zero-order valence-corrected chi connectivity index (χ0v) is 11.2. The smallest absolute Gasteiger partial charge is 0.354 e. The van der Waals surface area contributed by atoms with Crippen LogP contribution in [0.2, 0.25) is 0 Å². The van der Waals surface area contributed by atoms with E-state index in [0.717, 1.165) is 4.47 Å². The highest BCUT2D eigenvalue weighted by molar-refractivity contribution is 9.10. The van der Waals surface area contributed by atoms with Gasteiger partial charge in [0.25, 0.3) is 0 Å². The number of carbonyl (C=O) groups is 1. The molecule has 5 nitrogen and oxygen atoms in total. The molecule has 0 fully saturated rings. The molecule has 1 heterocycles. The minimum Gasteiger partial charge on any atom is -0.477 e. The van der Waals surface area contributed by atoms with Crippen LogP contribution in [0.5, 0.6) is 11.8 Å². The van der Waals surface area contributed by atoms with Gasteiger partial charge in [-0.05, 0) is 25.1 Å². The molecule has 0 aliphatic rings. The minimum atomic E-state index is -1.02. The number of carboxylic acid groups (broad SMARTS) is 1. The molecule has 0 amide bonds. The van der Waals surface area contributed by atoms with Gasteiger partial charge in [0.2, 0.25) is 0 Å². The second-order valence-corrected chi connectivity index (χ2v) is 4.45. The van der Waals surface area contributed by atoms with Crippen molar-refractivity contribution in [1.82, 2.24) is 9.55 Å². The highest BCUT2D eigenvalue weighted by Gasteiger charge is 2.15. The number of hydrogen-bond acceptors (Lipinski definition) is 3. The number of benzene rings is 1. The van der Waals surface area contributed by atoms with Gasteiger partial charge in [-0.25, -0.2) is 9.78 Å². The van der Waals surface area contributed by atoms with Crippen molar-refractivity contribution in [3.63, 3.8) is 0 Å². The molecule has 1 N–H and O–H groups in total. The summed E-state index contributed by atoms with van der Waals surface area (Å²) in [7, 11) is 0. The average Bonchev–Trinajstić information content (AvgIpc) is 2.72. The van der Waals surface area contributed by atoms with Crippen LogP contribution in [0.3, 0.4) is 0 Å². The van der Waals surface area contributed by atoms with Gasteiger partial charge in [0.15, 0.2) is 0 Å². The quantitative estimate of drug-likeness (QED) is 0.942. The predicted octanol–water partition coefficient (Wildman–Crippen LogP) is 3.16. The summed E-state index contributed by atoms with van der Waals surface area (Å²) in [5.41, 5.74) is 0.113. The van der Waals surface area contributed by atoms with E-state index in [1.165, 1.54) is 10.8 Å². The van der Waals surface area contributed by atoms with Crippen LogP contribution >= 0.6 is 15.9 Å². The molecule has 6 heteroatoms. The zero-order chi connectivity index (χ0) is 13.1. The van der Waals surface area contributed by atoms with Crippen molar-refractivity contribution >= 4 is 21.9 Å². The molecular weight excluding hydrogens is 300 g/mol. The molecule has 0 bridgehead atoms. The van der Waals surface area contributed by atoms with Crippen LogP contribution in [0.25, 0.3) is 0 Å². The summed E-state index contributed by atoms with van der Waals surface area (Å²) in [4.78, 5) is 15.0. The Bertz CT molecular complexity index is 580. The number of rotatable bonds is 4. The number of aromatic nitrogens is 2. The Morgan fingerprint density at radius 3 is 2.94 bits per heavy atom. The van der Waals surface area contributed by atoms with Gasteiger partial charge in [-0.15, -0.1) is 0 Å². The second-order valence-electron chi connectivity index (χ2n) is 3.53. The van der Waals surface area contributed by atoms with Crippen LogP contribution in [0, 0.1) is 0 Å². The van der Waals surface area contributed by atoms with Crippen molar-refractivity contribution in [3.05, 3.63) is 40.6 Å². The summed E-state index contributed by atoms with van der Waals surface area (Å²) in [5.74, 6) is -0.421. The summed E-state index contributed by atoms with van der Waals surface area (Å²) < 4.78 is 7.96. The van der Waals surface area contributed by atoms with Gasteiger partial charge in [-0.2, -0.15) is 0 Å². The molecule has 0 radical (unpaired) electrons. The summed E-state index contributed by atoms with van der Waals surface area (Å²) in [6, 6.07) is 7.54. The first-order chi connectivity index (χ1) is 8.61. The summed E-state index contributed by atoms with van der Waals surface area (Å²) in [5, 5.41) is 9.00. The van der Waals surface area contributed by atoms with Gasteiger partial charge in [0, 0.05) is 11.0 Å². The molecule has 2 aromatic rings. The maximum atomic E-state index is 11.0. The van der Waals surface area contributed by atoms with E-state index in [1.54, 1.807) is 12.1 Å². The van der Waals surface area contributed by atoms with Crippen molar-refractivity contribution in [3.8, 4) is 11.8 Å². The number of ether oxygens (including phenoxy) is 1. The molecule has 0 aliphatic heterocycles. The summed E-state index contributed by atoms with van der Waals surface area (Å²) in [6.07, 6.45) is 1.29. The van der Waals surface area contributed by atoms with Crippen LogP contribution in [-0.2, 0) is 6.54 Å². The number of halogens is 1. The molecule has 94 valence electrons. The Morgan fingerprint density at radius 1 is 1.56 bits per heavy atom. The lowest BCUT2D eigenvalue weighted by Gasteiger charge is -2.08. The lowest BCUT2D eigenvalue weighted by Crippen LogP contribution is -2.08. The first kappa shape index (κ1) is 12.6. The molecule has 2 rings (SSSR count). The van der Waals surface area contributed by atoms with Crippen LogP contribution in [0.4, 0.5) is 0 Å².